The van der Waals surface area contributed by atoms with Gasteiger partial charge >= 0.3 is 13.8 Å². The van der Waals surface area contributed by atoms with E-state index in [2.05, 4.69) is 9.05 Å². The van der Waals surface area contributed by atoms with E-state index in [9.17, 15) is 9.36 Å². The lowest BCUT2D eigenvalue weighted by molar-refractivity contribution is -0.132. The van der Waals surface area contributed by atoms with Crippen LogP contribution in [0.15, 0.2) is 24.3 Å². The summed E-state index contributed by atoms with van der Waals surface area (Å²) >= 11 is 10.8. The van der Waals surface area contributed by atoms with Crippen LogP contribution in [-0.4, -0.2) is 16.7 Å². The molecule has 5 nitrogen and oxygen atoms in total. The molecular weight excluding hydrogens is 278 g/mol. The Labute approximate surface area is 102 Å². The molecule has 1 atom stereocenters. The van der Waals surface area contributed by atoms with Gasteiger partial charge in [-0.05, 0) is 12.1 Å². The van der Waals surface area contributed by atoms with Gasteiger partial charge in [-0.15, -0.1) is 11.6 Å². The van der Waals surface area contributed by atoms with Crippen LogP contribution in [0, 0.1) is 0 Å². The molecule has 16 heavy (non-hydrogen) atoms. The molecule has 88 valence electrons. The minimum Gasteiger partial charge on any atom is -0.394 e. The van der Waals surface area contributed by atoms with Crippen LogP contribution in [0.5, 0.6) is 5.75 Å². The van der Waals surface area contributed by atoms with Crippen molar-refractivity contribution in [1.29, 1.82) is 0 Å². The smallest absolute Gasteiger partial charge is 0.394 e. The lowest BCUT2D eigenvalue weighted by atomic mass is 10.3. The molecule has 1 rings (SSSR count). The molecule has 1 unspecified atom stereocenters. The lowest BCUT2D eigenvalue weighted by Crippen LogP contribution is -2.07. The predicted molar refractivity (Wildman–Crippen MR) is 58.7 cm³/mol. The molecule has 0 amide bonds. The highest BCUT2D eigenvalue weighted by molar-refractivity contribution is 7.48. The zero-order chi connectivity index (χ0) is 12.2. The molecule has 0 saturated carbocycles. The maximum absolute atomic E-state index is 11.3. The second-order valence-corrected chi connectivity index (χ2v) is 4.56. The molecule has 0 aliphatic carbocycles. The highest BCUT2D eigenvalue weighted by Gasteiger charge is 2.28. The van der Waals surface area contributed by atoms with Gasteiger partial charge in [-0.2, -0.15) is 0 Å². The number of carbonyl (C=O) groups is 1. The topological polar surface area (TPSA) is 72.8 Å². The minimum absolute atomic E-state index is 0.0580. The number of benzene rings is 1. The molecule has 1 N–H and O–H groups in total. The van der Waals surface area contributed by atoms with E-state index >= 15 is 0 Å². The molecule has 0 fully saturated rings. The van der Waals surface area contributed by atoms with E-state index in [4.69, 9.17) is 28.1 Å². The molecule has 0 aliphatic heterocycles. The van der Waals surface area contributed by atoms with Gasteiger partial charge in [-0.25, -0.2) is 4.57 Å². The van der Waals surface area contributed by atoms with Crippen molar-refractivity contribution in [2.24, 2.45) is 0 Å². The number of rotatable bonds is 4. The summed E-state index contributed by atoms with van der Waals surface area (Å²) in [4.78, 5) is 19.9. The maximum Gasteiger partial charge on any atom is 0.587 e. The van der Waals surface area contributed by atoms with Crippen LogP contribution in [0.3, 0.4) is 0 Å². The third-order valence-corrected chi connectivity index (χ3v) is 2.77. The van der Waals surface area contributed by atoms with E-state index in [1.807, 2.05) is 0 Å². The Morgan fingerprint density at radius 3 is 2.62 bits per heavy atom. The van der Waals surface area contributed by atoms with Gasteiger partial charge in [0.25, 0.3) is 0 Å². The average molecular weight is 285 g/mol. The van der Waals surface area contributed by atoms with E-state index in [0.29, 0.717) is 0 Å². The molecule has 0 bridgehead atoms. The predicted octanol–water partition coefficient (Wildman–Crippen LogP) is 2.60. The first-order valence-corrected chi connectivity index (χ1v) is 6.41. The number of hydrogen-bond donors (Lipinski definition) is 1. The monoisotopic (exact) mass is 284 g/mol. The summed E-state index contributed by atoms with van der Waals surface area (Å²) in [5.41, 5.74) is 0. The molecule has 0 spiro atoms. The summed E-state index contributed by atoms with van der Waals surface area (Å²) in [5.74, 6) is -1.66. The standard InChI is InChI=1S/C8H7Cl2O5P/c9-5-8(11)15-16(12,13)14-7-4-2-1-3-6(7)10/h1-4H,5H2,(H,12,13). The summed E-state index contributed by atoms with van der Waals surface area (Å²) in [7, 11) is -4.53. The van der Waals surface area contributed by atoms with Crippen molar-refractivity contribution in [2.45, 2.75) is 0 Å². The van der Waals surface area contributed by atoms with Gasteiger partial charge in [0.2, 0.25) is 0 Å². The summed E-state index contributed by atoms with van der Waals surface area (Å²) < 4.78 is 20.0. The van der Waals surface area contributed by atoms with Crippen molar-refractivity contribution in [1.82, 2.24) is 0 Å². The second kappa shape index (κ2) is 5.55. The number of phosphoric ester groups is 1. The number of alkyl halides is 1. The Morgan fingerprint density at radius 1 is 1.44 bits per heavy atom. The van der Waals surface area contributed by atoms with Crippen LogP contribution in [-0.2, 0) is 13.9 Å². The van der Waals surface area contributed by atoms with E-state index in [0.717, 1.165) is 0 Å². The van der Waals surface area contributed by atoms with Gasteiger partial charge in [-0.3, -0.25) is 9.69 Å². The van der Waals surface area contributed by atoms with E-state index < -0.39 is 19.7 Å². The van der Waals surface area contributed by atoms with Gasteiger partial charge in [0.05, 0.1) is 5.02 Å². The van der Waals surface area contributed by atoms with Crippen LogP contribution < -0.4 is 4.52 Å². The van der Waals surface area contributed by atoms with Crippen molar-refractivity contribution in [3.63, 3.8) is 0 Å². The first-order valence-electron chi connectivity index (χ1n) is 4.00. The molecule has 8 heteroatoms. The number of carbonyl (C=O) groups excluding carboxylic acids is 1. The van der Waals surface area contributed by atoms with Crippen molar-refractivity contribution in [3.05, 3.63) is 29.3 Å². The van der Waals surface area contributed by atoms with E-state index in [-0.39, 0.29) is 10.8 Å². The van der Waals surface area contributed by atoms with Crippen LogP contribution >= 0.6 is 31.0 Å². The number of para-hydroxylation sites is 1. The largest absolute Gasteiger partial charge is 0.587 e. The molecule has 0 aromatic heterocycles. The van der Waals surface area contributed by atoms with Crippen LogP contribution in [0.1, 0.15) is 0 Å². The van der Waals surface area contributed by atoms with Crippen LogP contribution in [0.25, 0.3) is 0 Å². The van der Waals surface area contributed by atoms with E-state index in [1.165, 1.54) is 12.1 Å². The fraction of sp³-hybridized carbons (Fsp3) is 0.125. The third kappa shape index (κ3) is 4.02. The molecular formula is C8H7Cl2O5P. The Bertz CT molecular complexity index is 436. The summed E-state index contributed by atoms with van der Waals surface area (Å²) in [5, 5.41) is 0.124. The van der Waals surface area contributed by atoms with Crippen molar-refractivity contribution in [3.8, 4) is 5.75 Å². The molecule has 1 aromatic carbocycles. The SMILES string of the molecule is O=C(CCl)OP(=O)(O)Oc1ccccc1Cl. The normalized spacial score (nSPS) is 13.9. The van der Waals surface area contributed by atoms with Crippen molar-refractivity contribution in [2.75, 3.05) is 5.88 Å². The van der Waals surface area contributed by atoms with Gasteiger partial charge in [0, 0.05) is 0 Å². The van der Waals surface area contributed by atoms with Crippen LogP contribution in [0.4, 0.5) is 0 Å². The number of phosphoric acid groups is 1. The Morgan fingerprint density at radius 2 is 2.06 bits per heavy atom. The number of halogens is 2. The highest BCUT2D eigenvalue weighted by Crippen LogP contribution is 2.45. The summed E-state index contributed by atoms with van der Waals surface area (Å²) in [6.07, 6.45) is 0. The zero-order valence-electron chi connectivity index (χ0n) is 7.80. The number of hydrogen-bond acceptors (Lipinski definition) is 4. The quantitative estimate of drug-likeness (QED) is 0.680. The zero-order valence-corrected chi connectivity index (χ0v) is 10.2. The molecule has 0 heterocycles. The Balaban J connectivity index is 2.77. The van der Waals surface area contributed by atoms with Gasteiger partial charge < -0.3 is 9.05 Å². The van der Waals surface area contributed by atoms with Gasteiger partial charge in [-0.1, -0.05) is 23.7 Å². The Hall–Kier alpha value is -0.740. The minimum atomic E-state index is -4.53. The molecule has 0 saturated heterocycles. The summed E-state index contributed by atoms with van der Waals surface area (Å²) in [6, 6.07) is 5.98. The van der Waals surface area contributed by atoms with Crippen molar-refractivity contribution < 1.29 is 23.3 Å². The van der Waals surface area contributed by atoms with Gasteiger partial charge in [0.1, 0.15) is 5.88 Å². The fourth-order valence-corrected chi connectivity index (χ4v) is 1.94. The molecule has 0 radical (unpaired) electrons. The molecule has 1 aromatic rings. The fourth-order valence-electron chi connectivity index (χ4n) is 0.815. The van der Waals surface area contributed by atoms with Crippen LogP contribution in [0.2, 0.25) is 5.02 Å². The Kier molecular flexibility index (Phi) is 4.62. The molecule has 0 aliphatic rings. The van der Waals surface area contributed by atoms with Gasteiger partial charge in [0.15, 0.2) is 5.75 Å². The lowest BCUT2D eigenvalue weighted by Gasteiger charge is -2.12. The van der Waals surface area contributed by atoms with Crippen molar-refractivity contribution >= 4 is 37.0 Å². The third-order valence-electron chi connectivity index (χ3n) is 1.38. The summed E-state index contributed by atoms with van der Waals surface area (Å²) in [6.45, 7) is 0. The average Bonchev–Trinajstić information content (AvgIpc) is 2.20. The second-order valence-electron chi connectivity index (χ2n) is 2.59. The highest BCUT2D eigenvalue weighted by atomic mass is 35.5. The first-order chi connectivity index (χ1) is 7.44. The van der Waals surface area contributed by atoms with E-state index in [1.54, 1.807) is 12.1 Å². The maximum atomic E-state index is 11.3. The first kappa shape index (κ1) is 13.3.